The van der Waals surface area contributed by atoms with Crippen molar-refractivity contribution in [3.63, 3.8) is 0 Å². The minimum Gasteiger partial charge on any atom is -0.339 e. The van der Waals surface area contributed by atoms with Crippen molar-refractivity contribution in [1.29, 1.82) is 0 Å². The number of piperazine rings is 1. The van der Waals surface area contributed by atoms with E-state index in [1.165, 1.54) is 34.4 Å². The molecule has 7 nitrogen and oxygen atoms in total. The molecule has 3 heterocycles. The predicted molar refractivity (Wildman–Crippen MR) is 188 cm³/mol. The highest BCUT2D eigenvalue weighted by molar-refractivity contribution is 7.97. The fourth-order valence-electron chi connectivity index (χ4n) is 6.13. The van der Waals surface area contributed by atoms with E-state index in [1.807, 2.05) is 60.9 Å². The van der Waals surface area contributed by atoms with Gasteiger partial charge in [-0.1, -0.05) is 91.3 Å². The van der Waals surface area contributed by atoms with Gasteiger partial charge in [0.2, 0.25) is 11.8 Å². The monoisotopic (exact) mass is 650 g/mol. The van der Waals surface area contributed by atoms with Crippen LogP contribution in [0.2, 0.25) is 0 Å². The number of aryl methyl sites for hydroxylation is 2. The lowest BCUT2D eigenvalue weighted by atomic mass is 9.63. The molecule has 0 spiro atoms. The number of carbonyl (C=O) groups is 3. The third-order valence-corrected chi connectivity index (χ3v) is 10.7. The Morgan fingerprint density at radius 3 is 2.27 bits per heavy atom. The highest BCUT2D eigenvalue weighted by atomic mass is 32.2. The van der Waals surface area contributed by atoms with E-state index in [2.05, 4.69) is 76.7 Å². The lowest BCUT2D eigenvalue weighted by Crippen LogP contribution is -2.91. The van der Waals surface area contributed by atoms with Crippen molar-refractivity contribution in [2.24, 2.45) is 17.3 Å². The minimum atomic E-state index is -0.683. The molecule has 2 saturated heterocycles. The van der Waals surface area contributed by atoms with Crippen LogP contribution in [0, 0.1) is 31.1 Å². The van der Waals surface area contributed by atoms with Gasteiger partial charge in [0.25, 0.3) is 5.91 Å². The molecule has 5 rings (SSSR count). The number of carbonyl (C=O) groups excluding carboxylic acids is 3. The summed E-state index contributed by atoms with van der Waals surface area (Å²) in [6.45, 7) is 22.0. The number of nitrogens with one attached hydrogen (secondary N) is 2. The molecular weight excluding hydrogens is 601 g/mol. The third-order valence-electron chi connectivity index (χ3n) is 8.59. The van der Waals surface area contributed by atoms with E-state index in [1.54, 1.807) is 0 Å². The van der Waals surface area contributed by atoms with Gasteiger partial charge in [-0.15, -0.1) is 11.3 Å². The summed E-state index contributed by atoms with van der Waals surface area (Å²) in [5, 5.41) is 4.09. The van der Waals surface area contributed by atoms with Crippen LogP contribution < -0.4 is 10.0 Å². The summed E-state index contributed by atoms with van der Waals surface area (Å²) in [4.78, 5) is 46.1. The molecule has 244 valence electrons. The summed E-state index contributed by atoms with van der Waals surface area (Å²) in [5.41, 5.74) is 1.50. The molecule has 3 unspecified atom stereocenters. The molecule has 2 aliphatic rings. The van der Waals surface area contributed by atoms with Gasteiger partial charge in [-0.25, -0.2) is 0 Å². The maximum Gasteiger partial charge on any atom is 0.262 e. The zero-order chi connectivity index (χ0) is 33.3. The first-order valence-electron chi connectivity index (χ1n) is 15.9. The van der Waals surface area contributed by atoms with E-state index < -0.39 is 17.0 Å². The molecule has 2 aromatic carbocycles. The molecule has 9 heteroatoms. The van der Waals surface area contributed by atoms with Gasteiger partial charge in [0.1, 0.15) is 6.04 Å². The van der Waals surface area contributed by atoms with Crippen molar-refractivity contribution in [2.45, 2.75) is 91.8 Å². The molecule has 2 aliphatic heterocycles. The molecule has 2 N–H and O–H groups in total. The number of hydrogen-bond donors (Lipinski definition) is 2. The second kappa shape index (κ2) is 13.9. The van der Waals surface area contributed by atoms with Gasteiger partial charge in [0.05, 0.1) is 23.0 Å². The Morgan fingerprint density at radius 1 is 1.02 bits per heavy atom. The maximum atomic E-state index is 14.1. The topological polar surface area (TPSA) is 81.8 Å². The smallest absolute Gasteiger partial charge is 0.262 e. The molecule has 2 fully saturated rings. The number of thiophene rings is 1. The van der Waals surface area contributed by atoms with E-state index in [-0.39, 0.29) is 36.2 Å². The van der Waals surface area contributed by atoms with Crippen molar-refractivity contribution in [3.05, 3.63) is 64.5 Å². The van der Waals surface area contributed by atoms with Crippen LogP contribution in [0.5, 0.6) is 0 Å². The van der Waals surface area contributed by atoms with Gasteiger partial charge in [-0.2, -0.15) is 0 Å². The van der Waals surface area contributed by atoms with E-state index in [4.69, 9.17) is 0 Å². The Hall–Kier alpha value is -2.88. The first kappa shape index (κ1) is 35.0. The first-order chi connectivity index (χ1) is 21.1. The summed E-state index contributed by atoms with van der Waals surface area (Å²) in [6.07, 6.45) is 0. The van der Waals surface area contributed by atoms with E-state index in [0.29, 0.717) is 18.0 Å². The van der Waals surface area contributed by atoms with Gasteiger partial charge in [0.15, 0.2) is 0 Å². The fourth-order valence-corrected chi connectivity index (χ4v) is 7.80. The predicted octanol–water partition coefficient (Wildman–Crippen LogP) is 7.07. The summed E-state index contributed by atoms with van der Waals surface area (Å²) in [6, 6.07) is 15.4. The average molecular weight is 651 g/mol. The number of nitrogens with zero attached hydrogens (tertiary/aromatic N) is 2. The Bertz CT molecular complexity index is 1510. The number of benzene rings is 2. The van der Waals surface area contributed by atoms with E-state index >= 15 is 0 Å². The van der Waals surface area contributed by atoms with Gasteiger partial charge >= 0.3 is 0 Å². The van der Waals surface area contributed by atoms with Crippen LogP contribution >= 0.6 is 23.3 Å². The van der Waals surface area contributed by atoms with Crippen molar-refractivity contribution in [1.82, 2.24) is 19.8 Å². The molecule has 0 radical (unpaired) electrons. The second-order valence-corrected chi connectivity index (χ2v) is 16.5. The number of hydrogen-bond acceptors (Lipinski definition) is 6. The lowest BCUT2D eigenvalue weighted by molar-refractivity contribution is -0.224. The summed E-state index contributed by atoms with van der Waals surface area (Å²) < 4.78 is 4.27. The SMILES string of the molecule is CC(C)C.Cc1ccc(SNCC(=O)N2CC3(C(C)C)C2CN3C(=O)C(NC(=O)c2cc3ccccc3s2)C(C)(C)C)c(C)c1. The third kappa shape index (κ3) is 7.42. The zero-order valence-electron chi connectivity index (χ0n) is 28.5. The highest BCUT2D eigenvalue weighted by Crippen LogP contribution is 2.50. The maximum absolute atomic E-state index is 14.1. The average Bonchev–Trinajstić information content (AvgIpc) is 3.37. The summed E-state index contributed by atoms with van der Waals surface area (Å²) in [7, 11) is 0. The quantitative estimate of drug-likeness (QED) is 0.255. The van der Waals surface area contributed by atoms with Crippen molar-refractivity contribution in [2.75, 3.05) is 19.6 Å². The van der Waals surface area contributed by atoms with Crippen molar-refractivity contribution >= 4 is 51.1 Å². The standard InChI is InChI=1S/C32H40N4O3S2.C4H10/c1-19(2)32-18-35(27(37)16-33-41-23-13-12-20(3)14-21(23)4)26(32)17-36(32)30(39)28(31(5,6)7)34-29(38)25-15-22-10-8-9-11-24(22)40-25;1-4(2)3/h8-15,19,26,28,33H,16-18H2,1-7H3,(H,34,38);4H,1-3H3. The fraction of sp³-hybridized carbons (Fsp3) is 0.528. The molecular formula is C36H50N4O3S2. The van der Waals surface area contributed by atoms with Crippen LogP contribution in [-0.2, 0) is 9.59 Å². The molecule has 3 atom stereocenters. The number of likely N-dealkylation sites (tertiary alicyclic amines) is 2. The van der Waals surface area contributed by atoms with Crippen LogP contribution in [0.1, 0.15) is 76.2 Å². The zero-order valence-corrected chi connectivity index (χ0v) is 30.1. The first-order valence-corrected chi connectivity index (χ1v) is 17.6. The van der Waals surface area contributed by atoms with Crippen molar-refractivity contribution in [3.8, 4) is 0 Å². The summed E-state index contributed by atoms with van der Waals surface area (Å²) in [5.74, 6) is 0.743. The normalized spacial score (nSPS) is 19.8. The van der Waals surface area contributed by atoms with E-state index in [9.17, 15) is 14.4 Å². The molecule has 3 aromatic rings. The Morgan fingerprint density at radius 2 is 1.69 bits per heavy atom. The van der Waals surface area contributed by atoms with Gasteiger partial charge < -0.3 is 15.1 Å². The van der Waals surface area contributed by atoms with Crippen LogP contribution in [0.4, 0.5) is 0 Å². The van der Waals surface area contributed by atoms with Crippen LogP contribution in [0.25, 0.3) is 10.1 Å². The molecule has 0 bridgehead atoms. The Balaban J connectivity index is 0.00000109. The minimum absolute atomic E-state index is 0.00854. The Kier molecular flexibility index (Phi) is 10.8. The summed E-state index contributed by atoms with van der Waals surface area (Å²) >= 11 is 2.91. The van der Waals surface area contributed by atoms with Crippen LogP contribution in [-0.4, -0.2) is 64.8 Å². The van der Waals surface area contributed by atoms with E-state index in [0.717, 1.165) is 20.9 Å². The van der Waals surface area contributed by atoms with Crippen LogP contribution in [0.15, 0.2) is 53.4 Å². The van der Waals surface area contributed by atoms with Gasteiger partial charge in [-0.05, 0) is 72.2 Å². The number of fused-ring (bicyclic) bond motifs is 2. The van der Waals surface area contributed by atoms with Gasteiger partial charge in [0, 0.05) is 22.7 Å². The number of amides is 3. The molecule has 0 saturated carbocycles. The molecule has 0 aliphatic carbocycles. The highest BCUT2D eigenvalue weighted by Gasteiger charge is 2.69. The second-order valence-electron chi connectivity index (χ2n) is 14.5. The lowest BCUT2D eigenvalue weighted by Gasteiger charge is -2.72. The molecule has 3 amide bonds. The van der Waals surface area contributed by atoms with Crippen LogP contribution in [0.3, 0.4) is 0 Å². The molecule has 45 heavy (non-hydrogen) atoms. The number of rotatable bonds is 8. The van der Waals surface area contributed by atoms with Gasteiger partial charge in [-0.3, -0.25) is 19.1 Å². The van der Waals surface area contributed by atoms with Crippen molar-refractivity contribution < 1.29 is 14.4 Å². The largest absolute Gasteiger partial charge is 0.339 e. The molecule has 1 aromatic heterocycles. The Labute approximate surface area is 277 Å².